The van der Waals surface area contributed by atoms with Crippen LogP contribution < -0.4 is 0 Å². The van der Waals surface area contributed by atoms with Crippen molar-refractivity contribution in [1.29, 1.82) is 0 Å². The van der Waals surface area contributed by atoms with Crippen molar-refractivity contribution >= 4 is 0 Å². The predicted molar refractivity (Wildman–Crippen MR) is 32.5 cm³/mol. The lowest BCUT2D eigenvalue weighted by atomic mass is 9.59. The van der Waals surface area contributed by atoms with E-state index < -0.39 is 0 Å². The molecule has 42 valence electrons. The molecule has 0 nitrogen and oxygen atoms in total. The summed E-state index contributed by atoms with van der Waals surface area (Å²) in [6, 6.07) is 0. The molecule has 5 aliphatic rings. The van der Waals surface area contributed by atoms with Gasteiger partial charge in [0, 0.05) is 0 Å². The Morgan fingerprint density at radius 1 is 1.50 bits per heavy atom. The smallest absolute Gasteiger partial charge is 0.0103 e. The zero-order chi connectivity index (χ0) is 5.35. The van der Waals surface area contributed by atoms with E-state index in [4.69, 9.17) is 0 Å². The van der Waals surface area contributed by atoms with Crippen LogP contribution in [-0.4, -0.2) is 0 Å². The molecule has 0 radical (unpaired) electrons. The Balaban J connectivity index is 2.26. The quantitative estimate of drug-likeness (QED) is 0.415. The van der Waals surface area contributed by atoms with Crippen LogP contribution in [0.3, 0.4) is 0 Å². The highest BCUT2D eigenvalue weighted by Crippen LogP contribution is 2.72. The topological polar surface area (TPSA) is 0 Å². The van der Waals surface area contributed by atoms with Crippen molar-refractivity contribution in [3.63, 3.8) is 0 Å². The van der Waals surface area contributed by atoms with E-state index in [0.717, 1.165) is 11.3 Å². The average Bonchev–Trinajstić information content (AvgIpc) is 2.18. The highest BCUT2D eigenvalue weighted by molar-refractivity contribution is 5.47. The zero-order valence-electron chi connectivity index (χ0n) is 5.20. The highest BCUT2D eigenvalue weighted by Gasteiger charge is 2.60. The minimum Gasteiger partial charge on any atom is -0.0695 e. The van der Waals surface area contributed by atoms with Gasteiger partial charge in [-0.15, -0.1) is 0 Å². The first-order chi connectivity index (χ1) is 3.80. The van der Waals surface area contributed by atoms with Gasteiger partial charge in [-0.05, 0) is 30.6 Å². The highest BCUT2D eigenvalue weighted by atomic mass is 14.6. The third-order valence-corrected chi connectivity index (χ3v) is 3.38. The van der Waals surface area contributed by atoms with Gasteiger partial charge in [0.15, 0.2) is 0 Å². The molecule has 4 bridgehead atoms. The van der Waals surface area contributed by atoms with Crippen molar-refractivity contribution in [3.05, 3.63) is 11.1 Å². The molecule has 0 aliphatic heterocycles. The molecule has 0 saturated heterocycles. The van der Waals surface area contributed by atoms with Gasteiger partial charge < -0.3 is 0 Å². The van der Waals surface area contributed by atoms with E-state index in [9.17, 15) is 0 Å². The van der Waals surface area contributed by atoms with Crippen LogP contribution >= 0.6 is 0 Å². The van der Waals surface area contributed by atoms with Crippen LogP contribution in [0.1, 0.15) is 26.2 Å². The summed E-state index contributed by atoms with van der Waals surface area (Å²) in [4.78, 5) is 0. The minimum absolute atomic E-state index is 0.796. The van der Waals surface area contributed by atoms with E-state index in [0.29, 0.717) is 0 Å². The van der Waals surface area contributed by atoms with Crippen LogP contribution in [0.25, 0.3) is 0 Å². The van der Waals surface area contributed by atoms with Crippen LogP contribution in [0.5, 0.6) is 0 Å². The second kappa shape index (κ2) is 0.706. The maximum atomic E-state index is 2.45. The predicted octanol–water partition coefficient (Wildman–Crippen LogP) is 2.12. The molecule has 5 aliphatic carbocycles. The van der Waals surface area contributed by atoms with Gasteiger partial charge in [0.05, 0.1) is 0 Å². The first kappa shape index (κ1) is 3.71. The third kappa shape index (κ3) is 0.168. The van der Waals surface area contributed by atoms with Crippen molar-refractivity contribution in [2.45, 2.75) is 26.2 Å². The maximum Gasteiger partial charge on any atom is -0.0103 e. The van der Waals surface area contributed by atoms with Gasteiger partial charge in [0.1, 0.15) is 0 Å². The number of hydrogen-bond donors (Lipinski definition) is 0. The van der Waals surface area contributed by atoms with Crippen molar-refractivity contribution in [2.75, 3.05) is 0 Å². The molecular formula is C8H10. The molecular weight excluding hydrogens is 96.1 g/mol. The fourth-order valence-corrected chi connectivity index (χ4v) is 2.82. The van der Waals surface area contributed by atoms with E-state index in [1.165, 1.54) is 19.3 Å². The van der Waals surface area contributed by atoms with E-state index in [1.54, 1.807) is 0 Å². The van der Waals surface area contributed by atoms with Crippen LogP contribution in [0.2, 0.25) is 0 Å². The summed E-state index contributed by atoms with van der Waals surface area (Å²) in [5.41, 5.74) is 4.48. The Labute approximate surface area is 49.6 Å². The summed E-state index contributed by atoms with van der Waals surface area (Å²) in [6.07, 6.45) is 4.41. The summed E-state index contributed by atoms with van der Waals surface area (Å²) in [5.74, 6) is 1.08. The molecule has 2 fully saturated rings. The molecule has 0 heteroatoms. The molecule has 0 N–H and O–H groups in total. The zero-order valence-corrected chi connectivity index (χ0v) is 5.20. The summed E-state index contributed by atoms with van der Waals surface area (Å²) >= 11 is 0. The van der Waals surface area contributed by atoms with Gasteiger partial charge in [-0.1, -0.05) is 18.1 Å². The molecule has 0 aromatic rings. The fraction of sp³-hybridized carbons (Fsp3) is 0.750. The van der Waals surface area contributed by atoms with Gasteiger partial charge >= 0.3 is 0 Å². The van der Waals surface area contributed by atoms with E-state index in [-0.39, 0.29) is 0 Å². The van der Waals surface area contributed by atoms with Crippen LogP contribution in [-0.2, 0) is 0 Å². The molecule has 1 unspecified atom stereocenters. The van der Waals surface area contributed by atoms with Crippen LogP contribution in [0.15, 0.2) is 11.1 Å². The second-order valence-corrected chi connectivity index (χ2v) is 3.89. The number of allylic oxidation sites excluding steroid dienone is 2. The van der Waals surface area contributed by atoms with E-state index in [1.807, 2.05) is 11.1 Å². The lowest BCUT2D eigenvalue weighted by Crippen LogP contribution is -2.35. The molecule has 5 rings (SSSR count). The molecule has 2 saturated carbocycles. The first-order valence-electron chi connectivity index (χ1n) is 3.50. The van der Waals surface area contributed by atoms with Crippen molar-refractivity contribution in [3.8, 4) is 0 Å². The van der Waals surface area contributed by atoms with Gasteiger partial charge in [-0.3, -0.25) is 0 Å². The largest absolute Gasteiger partial charge is 0.0695 e. The van der Waals surface area contributed by atoms with E-state index in [2.05, 4.69) is 6.92 Å². The SMILES string of the molecule is C[C@]12CC3=C(C1)C2C3. The van der Waals surface area contributed by atoms with Gasteiger partial charge in [0.25, 0.3) is 0 Å². The van der Waals surface area contributed by atoms with Crippen molar-refractivity contribution in [1.82, 2.24) is 0 Å². The van der Waals surface area contributed by atoms with Gasteiger partial charge in [-0.25, -0.2) is 0 Å². The standard InChI is InChI=1S/C8H10/c1-8-3-5-2-7(8)6(5)4-8/h7H,2-4H2,1H3/t7?,8-/m0/s1. The Morgan fingerprint density at radius 2 is 2.38 bits per heavy atom. The number of hydrogen-bond acceptors (Lipinski definition) is 0. The molecule has 8 heavy (non-hydrogen) atoms. The summed E-state index contributed by atoms with van der Waals surface area (Å²) in [7, 11) is 0. The minimum atomic E-state index is 0.796. The lowest BCUT2D eigenvalue weighted by Gasteiger charge is -2.45. The maximum absolute atomic E-state index is 2.45. The number of rotatable bonds is 0. The first-order valence-corrected chi connectivity index (χ1v) is 3.50. The monoisotopic (exact) mass is 106 g/mol. The molecule has 0 aromatic carbocycles. The summed E-state index contributed by atoms with van der Waals surface area (Å²) in [5, 5.41) is 0. The molecule has 0 amide bonds. The Kier molecular flexibility index (Phi) is 0.327. The summed E-state index contributed by atoms with van der Waals surface area (Å²) in [6.45, 7) is 2.45. The van der Waals surface area contributed by atoms with Crippen LogP contribution in [0.4, 0.5) is 0 Å². The Bertz CT molecular complexity index is 200. The fourth-order valence-electron chi connectivity index (χ4n) is 2.82. The second-order valence-electron chi connectivity index (χ2n) is 3.89. The molecule has 0 aromatic heterocycles. The van der Waals surface area contributed by atoms with Crippen molar-refractivity contribution in [2.24, 2.45) is 11.3 Å². The third-order valence-electron chi connectivity index (χ3n) is 3.38. The van der Waals surface area contributed by atoms with Gasteiger partial charge in [-0.2, -0.15) is 0 Å². The van der Waals surface area contributed by atoms with Gasteiger partial charge in [0.2, 0.25) is 0 Å². The van der Waals surface area contributed by atoms with Crippen molar-refractivity contribution < 1.29 is 0 Å². The van der Waals surface area contributed by atoms with E-state index >= 15 is 0 Å². The normalized spacial score (nSPS) is 55.9. The Hall–Kier alpha value is -0.260. The Morgan fingerprint density at radius 3 is 2.50 bits per heavy atom. The van der Waals surface area contributed by atoms with Crippen LogP contribution in [0, 0.1) is 11.3 Å². The summed E-state index contributed by atoms with van der Waals surface area (Å²) < 4.78 is 0. The molecule has 0 spiro atoms. The molecule has 0 heterocycles. The lowest BCUT2D eigenvalue weighted by molar-refractivity contribution is 0.176. The average molecular weight is 106 g/mol. The molecule has 2 atom stereocenters.